The van der Waals surface area contributed by atoms with Crippen molar-refractivity contribution in [2.75, 3.05) is 5.32 Å². The number of benzene rings is 1. The maximum atomic E-state index is 12.9. The summed E-state index contributed by atoms with van der Waals surface area (Å²) in [7, 11) is 0. The fourth-order valence-corrected chi connectivity index (χ4v) is 4.65. The van der Waals surface area contributed by atoms with E-state index < -0.39 is 6.04 Å². The number of fused-ring (bicyclic) bond motifs is 5. The molecule has 5 atom stereocenters. The van der Waals surface area contributed by atoms with E-state index in [1.165, 1.54) is 4.90 Å². The second-order valence-electron chi connectivity index (χ2n) is 7.27. The highest BCUT2D eigenvalue weighted by Crippen LogP contribution is 2.53. The molecule has 1 aromatic carbocycles. The number of nitrogens with zero attached hydrogens (tertiary/aromatic N) is 1. The average molecular weight is 338 g/mol. The summed E-state index contributed by atoms with van der Waals surface area (Å²) in [5.74, 6) is -0.830. The third-order valence-corrected chi connectivity index (χ3v) is 5.91. The molecule has 2 bridgehead atoms. The van der Waals surface area contributed by atoms with Gasteiger partial charge >= 0.3 is 0 Å². The molecule has 2 aliphatic carbocycles. The fourth-order valence-electron chi connectivity index (χ4n) is 4.65. The quantitative estimate of drug-likeness (QED) is 0.678. The van der Waals surface area contributed by atoms with Crippen LogP contribution in [0, 0.1) is 30.6 Å². The van der Waals surface area contributed by atoms with Crippen molar-refractivity contribution in [1.82, 2.24) is 4.90 Å². The topological polar surface area (TPSA) is 66.5 Å². The molecule has 1 aliphatic heterocycles. The summed E-state index contributed by atoms with van der Waals surface area (Å²) in [6, 6.07) is 6.75. The summed E-state index contributed by atoms with van der Waals surface area (Å²) >= 11 is 0. The van der Waals surface area contributed by atoms with Crippen molar-refractivity contribution in [2.24, 2.45) is 23.7 Å². The molecule has 4 rings (SSSR count). The predicted octanol–water partition coefficient (Wildman–Crippen LogP) is 2.52. The van der Waals surface area contributed by atoms with Crippen molar-refractivity contribution in [3.63, 3.8) is 0 Å². The molecular weight excluding hydrogens is 316 g/mol. The lowest BCUT2D eigenvalue weighted by Gasteiger charge is -2.26. The van der Waals surface area contributed by atoms with Crippen LogP contribution < -0.4 is 5.32 Å². The van der Waals surface area contributed by atoms with Gasteiger partial charge in [-0.15, -0.1) is 0 Å². The Morgan fingerprint density at radius 3 is 2.32 bits per heavy atom. The van der Waals surface area contributed by atoms with Gasteiger partial charge in [-0.2, -0.15) is 0 Å². The maximum Gasteiger partial charge on any atom is 0.247 e. The minimum atomic E-state index is -0.746. The highest BCUT2D eigenvalue weighted by atomic mass is 16.2. The van der Waals surface area contributed by atoms with E-state index in [4.69, 9.17) is 0 Å². The monoisotopic (exact) mass is 338 g/mol. The zero-order valence-corrected chi connectivity index (χ0v) is 14.4. The molecule has 1 heterocycles. The average Bonchev–Trinajstić information content (AvgIpc) is 3.27. The molecule has 3 aliphatic rings. The lowest BCUT2D eigenvalue weighted by atomic mass is 9.85. The van der Waals surface area contributed by atoms with Crippen LogP contribution in [0.5, 0.6) is 0 Å². The normalized spacial score (nSPS) is 30.7. The number of nitrogens with one attached hydrogen (secondary N) is 1. The van der Waals surface area contributed by atoms with E-state index in [1.54, 1.807) is 0 Å². The van der Waals surface area contributed by atoms with Crippen LogP contribution in [0.4, 0.5) is 5.69 Å². The summed E-state index contributed by atoms with van der Waals surface area (Å²) < 4.78 is 0. The lowest BCUT2D eigenvalue weighted by molar-refractivity contribution is -0.147. The Kier molecular flexibility index (Phi) is 3.74. The second-order valence-corrected chi connectivity index (χ2v) is 7.27. The molecule has 0 spiro atoms. The molecule has 1 N–H and O–H groups in total. The molecule has 1 saturated carbocycles. The number of likely N-dealkylation sites (tertiary alicyclic amines) is 1. The SMILES string of the molecule is CCC(C(=O)Nc1ccccc1C)N1C(=O)C2C3C=CC(C3)C2C1=O. The minimum absolute atomic E-state index is 0.161. The zero-order chi connectivity index (χ0) is 17.7. The van der Waals surface area contributed by atoms with Gasteiger partial charge in [-0.05, 0) is 43.2 Å². The smallest absolute Gasteiger partial charge is 0.247 e. The van der Waals surface area contributed by atoms with E-state index in [9.17, 15) is 14.4 Å². The van der Waals surface area contributed by atoms with Gasteiger partial charge in [0.2, 0.25) is 17.7 Å². The number of para-hydroxylation sites is 1. The maximum absolute atomic E-state index is 12.9. The minimum Gasteiger partial charge on any atom is -0.324 e. The van der Waals surface area contributed by atoms with Crippen LogP contribution >= 0.6 is 0 Å². The first-order valence-corrected chi connectivity index (χ1v) is 8.94. The largest absolute Gasteiger partial charge is 0.324 e. The van der Waals surface area contributed by atoms with E-state index in [0.717, 1.165) is 12.0 Å². The Labute approximate surface area is 147 Å². The van der Waals surface area contributed by atoms with Crippen LogP contribution in [0.15, 0.2) is 36.4 Å². The number of allylic oxidation sites excluding steroid dienone is 2. The van der Waals surface area contributed by atoms with Gasteiger partial charge in [0, 0.05) is 5.69 Å². The number of amides is 3. The molecule has 5 unspecified atom stereocenters. The number of imide groups is 1. The number of rotatable bonds is 4. The van der Waals surface area contributed by atoms with Gasteiger partial charge in [-0.1, -0.05) is 37.3 Å². The van der Waals surface area contributed by atoms with Crippen LogP contribution in [0.2, 0.25) is 0 Å². The molecule has 5 nitrogen and oxygen atoms in total. The highest BCUT2D eigenvalue weighted by molar-refractivity contribution is 6.10. The van der Waals surface area contributed by atoms with Crippen molar-refractivity contribution < 1.29 is 14.4 Å². The van der Waals surface area contributed by atoms with E-state index in [0.29, 0.717) is 12.1 Å². The van der Waals surface area contributed by atoms with Crippen molar-refractivity contribution in [1.29, 1.82) is 0 Å². The Morgan fingerprint density at radius 1 is 1.16 bits per heavy atom. The summed E-state index contributed by atoms with van der Waals surface area (Å²) in [6.07, 6.45) is 5.44. The van der Waals surface area contributed by atoms with Gasteiger partial charge in [-0.3, -0.25) is 19.3 Å². The number of hydrogen-bond donors (Lipinski definition) is 1. The van der Waals surface area contributed by atoms with Crippen molar-refractivity contribution in [2.45, 2.75) is 32.7 Å². The summed E-state index contributed by atoms with van der Waals surface area (Å²) in [6.45, 7) is 3.75. The third kappa shape index (κ3) is 2.33. The van der Waals surface area contributed by atoms with E-state index in [2.05, 4.69) is 17.5 Å². The van der Waals surface area contributed by atoms with E-state index in [-0.39, 0.29) is 41.4 Å². The standard InChI is InChI=1S/C20H22N2O3/c1-3-15(18(23)21-14-7-5-4-6-11(14)2)22-19(24)16-12-8-9-13(10-12)17(16)20(22)25/h4-9,12-13,15-17H,3,10H2,1-2H3,(H,21,23). The third-order valence-electron chi connectivity index (χ3n) is 5.91. The predicted molar refractivity (Wildman–Crippen MR) is 93.5 cm³/mol. The first kappa shape index (κ1) is 16.1. The molecular formula is C20H22N2O3. The van der Waals surface area contributed by atoms with Crippen LogP contribution in [0.25, 0.3) is 0 Å². The summed E-state index contributed by atoms with van der Waals surface area (Å²) in [5.41, 5.74) is 1.66. The first-order valence-electron chi connectivity index (χ1n) is 8.94. The van der Waals surface area contributed by atoms with Crippen LogP contribution in [0.1, 0.15) is 25.3 Å². The van der Waals surface area contributed by atoms with Gasteiger partial charge in [0.05, 0.1) is 11.8 Å². The first-order chi connectivity index (χ1) is 12.0. The summed E-state index contributed by atoms with van der Waals surface area (Å²) in [5, 5.41) is 2.88. The van der Waals surface area contributed by atoms with Gasteiger partial charge in [0.25, 0.3) is 0 Å². The number of carbonyl (C=O) groups is 3. The molecule has 5 heteroatoms. The van der Waals surface area contributed by atoms with Crippen LogP contribution in [-0.4, -0.2) is 28.7 Å². The van der Waals surface area contributed by atoms with Gasteiger partial charge < -0.3 is 5.32 Å². The molecule has 25 heavy (non-hydrogen) atoms. The Morgan fingerprint density at radius 2 is 1.76 bits per heavy atom. The van der Waals surface area contributed by atoms with Crippen molar-refractivity contribution in [3.05, 3.63) is 42.0 Å². The second kappa shape index (κ2) is 5.83. The van der Waals surface area contributed by atoms with Crippen molar-refractivity contribution >= 4 is 23.4 Å². The Bertz CT molecular complexity index is 755. The zero-order valence-electron chi connectivity index (χ0n) is 14.4. The fraction of sp³-hybridized carbons (Fsp3) is 0.450. The number of anilines is 1. The molecule has 3 amide bonds. The highest BCUT2D eigenvalue weighted by Gasteiger charge is 2.60. The van der Waals surface area contributed by atoms with Crippen molar-refractivity contribution in [3.8, 4) is 0 Å². The lowest BCUT2D eigenvalue weighted by Crippen LogP contribution is -2.48. The molecule has 1 aromatic rings. The number of hydrogen-bond acceptors (Lipinski definition) is 3. The van der Waals surface area contributed by atoms with E-state index in [1.807, 2.05) is 38.1 Å². The number of aryl methyl sites for hydroxylation is 1. The molecule has 0 radical (unpaired) electrons. The van der Waals surface area contributed by atoms with Gasteiger partial charge in [0.15, 0.2) is 0 Å². The van der Waals surface area contributed by atoms with E-state index >= 15 is 0 Å². The summed E-state index contributed by atoms with van der Waals surface area (Å²) in [4.78, 5) is 39.8. The molecule has 2 fully saturated rings. The van der Waals surface area contributed by atoms with Gasteiger partial charge in [0.1, 0.15) is 6.04 Å². The van der Waals surface area contributed by atoms with Crippen LogP contribution in [-0.2, 0) is 14.4 Å². The molecule has 130 valence electrons. The Hall–Kier alpha value is -2.43. The number of carbonyl (C=O) groups excluding carboxylic acids is 3. The molecule has 1 saturated heterocycles. The van der Waals surface area contributed by atoms with Crippen LogP contribution in [0.3, 0.4) is 0 Å². The Balaban J connectivity index is 1.57. The molecule has 0 aromatic heterocycles. The van der Waals surface area contributed by atoms with Gasteiger partial charge in [-0.25, -0.2) is 0 Å².